The van der Waals surface area contributed by atoms with Crippen LogP contribution in [0.5, 0.6) is 0 Å². The third-order valence-electron chi connectivity index (χ3n) is 5.19. The van der Waals surface area contributed by atoms with E-state index in [0.717, 1.165) is 17.2 Å². The van der Waals surface area contributed by atoms with Gasteiger partial charge in [-0.05, 0) is 0 Å². The molecule has 36 heavy (non-hydrogen) atoms. The number of anilines is 1. The van der Waals surface area contributed by atoms with E-state index in [1.165, 1.54) is 0 Å². The van der Waals surface area contributed by atoms with Gasteiger partial charge in [-0.3, -0.25) is 9.36 Å². The van der Waals surface area contributed by atoms with Crippen molar-refractivity contribution in [1.29, 1.82) is 0 Å². The van der Waals surface area contributed by atoms with Crippen molar-refractivity contribution >= 4 is 22.8 Å². The quantitative estimate of drug-likeness (QED) is 0.109. The number of fused-ring (bicyclic) bond motifs is 1. The molecule has 2 aromatic rings. The Morgan fingerprint density at radius 3 is 1.83 bits per heavy atom. The first kappa shape index (κ1) is 34.9. The number of aliphatic hydroxyl groups is 11. The summed E-state index contributed by atoms with van der Waals surface area (Å²) in [4.78, 5) is 23.5. The maximum Gasteiger partial charge on any atom is 1.00 e. The van der Waals surface area contributed by atoms with Crippen molar-refractivity contribution in [3.63, 3.8) is 0 Å². The number of rotatable bonds is 12. The van der Waals surface area contributed by atoms with Crippen LogP contribution in [0.3, 0.4) is 0 Å². The molecule has 0 spiro atoms. The molecule has 2 unspecified atom stereocenters. The molecular weight excluding hydrogens is 525 g/mol. The molecule has 2 heterocycles. The molecule has 0 saturated heterocycles. The van der Waals surface area contributed by atoms with E-state index in [4.69, 9.17) is 10.8 Å². The van der Waals surface area contributed by atoms with Gasteiger partial charge in [-0.15, -0.1) is 0 Å². The fourth-order valence-corrected chi connectivity index (χ4v) is 3.03. The van der Waals surface area contributed by atoms with Crippen LogP contribution in [-0.2, 0) is 4.79 Å². The Labute approximate surface area is 230 Å². The van der Waals surface area contributed by atoms with E-state index in [2.05, 4.69) is 15.0 Å². The molecule has 0 bridgehead atoms. The van der Waals surface area contributed by atoms with E-state index in [1.54, 1.807) is 0 Å². The van der Waals surface area contributed by atoms with Gasteiger partial charge < -0.3 is 74.3 Å². The maximum absolute atomic E-state index is 12.1. The Morgan fingerprint density at radius 2 is 1.31 bits per heavy atom. The second kappa shape index (κ2) is 14.7. The Morgan fingerprint density at radius 1 is 0.806 bits per heavy atom. The van der Waals surface area contributed by atoms with Gasteiger partial charge in [0.15, 0.2) is 23.5 Å². The number of aromatic nitrogens is 4. The molecule has 0 fully saturated rings. The monoisotopic (exact) mass is 551 g/mol. The molecule has 17 nitrogen and oxygen atoms in total. The summed E-state index contributed by atoms with van der Waals surface area (Å²) in [6, 6.07) is 0. The maximum atomic E-state index is 12.1. The zero-order valence-electron chi connectivity index (χ0n) is 18.7. The molecule has 0 saturated carbocycles. The minimum atomic E-state index is -2.67. The number of Topliss-reactive ketones (excluding diaryl/α,β-unsaturated/α-hetero) is 1. The van der Waals surface area contributed by atoms with Gasteiger partial charge in [0, 0.05) is 0 Å². The molecule has 10 atom stereocenters. The summed E-state index contributed by atoms with van der Waals surface area (Å²) in [5.74, 6) is -1.79. The Bertz CT molecular complexity index is 975. The predicted molar refractivity (Wildman–Crippen MR) is 107 cm³/mol. The number of carbonyl (C=O) groups excluding carboxylic acids is 1. The van der Waals surface area contributed by atoms with Crippen LogP contribution in [-0.4, -0.2) is 143 Å². The summed E-state index contributed by atoms with van der Waals surface area (Å²) in [5, 5.41) is 108. The third kappa shape index (κ3) is 7.25. The van der Waals surface area contributed by atoms with Gasteiger partial charge in [0.1, 0.15) is 66.8 Å². The van der Waals surface area contributed by atoms with Gasteiger partial charge in [0.25, 0.3) is 0 Å². The number of carbonyl (C=O) groups is 1. The first-order valence-corrected chi connectivity index (χ1v) is 9.73. The van der Waals surface area contributed by atoms with Gasteiger partial charge in [-0.1, -0.05) is 0 Å². The van der Waals surface area contributed by atoms with Crippen LogP contribution in [0.4, 0.5) is 5.82 Å². The van der Waals surface area contributed by atoms with Crippen molar-refractivity contribution in [2.45, 2.75) is 61.2 Å². The molecule has 0 aliphatic rings. The van der Waals surface area contributed by atoms with Crippen molar-refractivity contribution in [3.8, 4) is 0 Å². The second-order valence-corrected chi connectivity index (χ2v) is 7.48. The average molecular weight is 552 g/mol. The van der Waals surface area contributed by atoms with Crippen molar-refractivity contribution in [3.05, 3.63) is 12.7 Å². The number of imidazole rings is 1. The molecule has 2 aromatic heterocycles. The van der Waals surface area contributed by atoms with Crippen molar-refractivity contribution in [1.82, 2.24) is 19.5 Å². The molecule has 0 aliphatic heterocycles. The van der Waals surface area contributed by atoms with Crippen molar-refractivity contribution in [2.75, 3.05) is 12.3 Å². The molecule has 2 rings (SSSR count). The number of hydrogen-bond acceptors (Lipinski definition) is 16. The van der Waals surface area contributed by atoms with Crippen LogP contribution in [0.15, 0.2) is 12.7 Å². The Hall–Kier alpha value is -1.13. The summed E-state index contributed by atoms with van der Waals surface area (Å²) in [6.07, 6.45) is -21.6. The SMILES string of the molecule is Nc1ncnc2c1ncn2C(O)[C@@H](O)[C@@H](O)[C@H](O)[C@H](O)C(O)C(=O)[C@H](O)[C@@H](O)[C@H](O)[C@H](O)CO.[Cl-].[Na+]. The van der Waals surface area contributed by atoms with Crippen LogP contribution < -0.4 is 47.7 Å². The first-order chi connectivity index (χ1) is 15.8. The molecule has 0 aromatic carbocycles. The number of ketones is 1. The Kier molecular flexibility index (Phi) is 14.3. The summed E-state index contributed by atoms with van der Waals surface area (Å²) >= 11 is 0. The normalized spacial score (nSPS) is 20.0. The van der Waals surface area contributed by atoms with Gasteiger partial charge in [-0.25, -0.2) is 15.0 Å². The van der Waals surface area contributed by atoms with Crippen molar-refractivity contribution < 1.29 is 103 Å². The van der Waals surface area contributed by atoms with E-state index in [0.29, 0.717) is 0 Å². The standard InChI is InChI=1S/C17H27N5O12.ClH.Na/c18-15-5-16(20-2-19-15)22(3-21-5)17(34)14(33)13(32)12(31)11(30)10(29)9(28)8(27)7(26)6(25)4(24)1-23;;/h2-4,6-8,10-14,17,23-27,29-34H,1H2,(H2,18,19,20);1H;/q;;+1/p-1/t4-,6-,7+,8-,10?,11-,12-,13+,14+,17?;;/m1../s1. The van der Waals surface area contributed by atoms with Crippen LogP contribution in [0.2, 0.25) is 0 Å². The van der Waals surface area contributed by atoms with E-state index < -0.39 is 73.6 Å². The van der Waals surface area contributed by atoms with Crippen LogP contribution >= 0.6 is 0 Å². The summed E-state index contributed by atoms with van der Waals surface area (Å²) in [6.45, 7) is -1.04. The summed E-state index contributed by atoms with van der Waals surface area (Å²) in [5.41, 5.74) is 5.60. The molecule has 200 valence electrons. The second-order valence-electron chi connectivity index (χ2n) is 7.48. The largest absolute Gasteiger partial charge is 1.00 e. The molecule has 0 amide bonds. The minimum absolute atomic E-state index is 0. The number of nitrogens with zero attached hydrogens (tertiary/aromatic N) is 4. The fraction of sp³-hybridized carbons (Fsp3) is 0.647. The number of hydrogen-bond donors (Lipinski definition) is 12. The van der Waals surface area contributed by atoms with E-state index in [9.17, 15) is 55.9 Å². The Balaban J connectivity index is 0.00000612. The van der Waals surface area contributed by atoms with Gasteiger partial charge in [0.05, 0.1) is 12.9 Å². The topological polar surface area (TPSA) is 309 Å². The van der Waals surface area contributed by atoms with E-state index >= 15 is 0 Å². The molecule has 13 N–H and O–H groups in total. The summed E-state index contributed by atoms with van der Waals surface area (Å²) < 4.78 is 0.857. The zero-order chi connectivity index (χ0) is 25.9. The smallest absolute Gasteiger partial charge is 1.00 e. The predicted octanol–water partition coefficient (Wildman–Crippen LogP) is -13.3. The minimum Gasteiger partial charge on any atom is -1.00 e. The molecular formula is C17H27ClN5NaO12. The van der Waals surface area contributed by atoms with Crippen LogP contribution in [0.25, 0.3) is 11.2 Å². The van der Waals surface area contributed by atoms with Crippen LogP contribution in [0.1, 0.15) is 6.23 Å². The molecule has 19 heteroatoms. The van der Waals surface area contributed by atoms with Gasteiger partial charge >= 0.3 is 29.6 Å². The van der Waals surface area contributed by atoms with E-state index in [-0.39, 0.29) is 58.9 Å². The first-order valence-electron chi connectivity index (χ1n) is 9.73. The molecule has 0 radical (unpaired) electrons. The molecule has 0 aliphatic carbocycles. The van der Waals surface area contributed by atoms with E-state index in [1.807, 2.05) is 0 Å². The van der Waals surface area contributed by atoms with Crippen LogP contribution in [0, 0.1) is 0 Å². The number of nitrogen functional groups attached to an aromatic ring is 1. The number of nitrogens with two attached hydrogens (primary N) is 1. The zero-order valence-corrected chi connectivity index (χ0v) is 21.5. The van der Waals surface area contributed by atoms with Gasteiger partial charge in [0.2, 0.25) is 0 Å². The number of halogens is 1. The van der Waals surface area contributed by atoms with Crippen molar-refractivity contribution in [2.24, 2.45) is 0 Å². The third-order valence-corrected chi connectivity index (χ3v) is 5.19. The summed E-state index contributed by atoms with van der Waals surface area (Å²) in [7, 11) is 0. The average Bonchev–Trinajstić information content (AvgIpc) is 3.28. The fourth-order valence-electron chi connectivity index (χ4n) is 3.03. The number of aliphatic hydroxyl groups excluding tert-OH is 11. The van der Waals surface area contributed by atoms with Gasteiger partial charge in [-0.2, -0.15) is 0 Å².